The first-order valence-electron chi connectivity index (χ1n) is 6.09. The van der Waals surface area contributed by atoms with Gasteiger partial charge in [0.25, 0.3) is 5.91 Å². The SMILES string of the molecule is CC(C)(C)c1cc(NC(=O)c2ccc(Cl)cc2Cl)n[nH]1. The summed E-state index contributed by atoms with van der Waals surface area (Å²) in [6.45, 7) is 6.17. The lowest BCUT2D eigenvalue weighted by Gasteiger charge is -2.14. The van der Waals surface area contributed by atoms with Crippen LogP contribution >= 0.6 is 23.2 Å². The molecule has 106 valence electrons. The first-order chi connectivity index (χ1) is 9.27. The third-order valence-electron chi connectivity index (χ3n) is 2.80. The molecule has 0 aliphatic carbocycles. The lowest BCUT2D eigenvalue weighted by Crippen LogP contribution is -2.13. The number of nitrogens with one attached hydrogen (secondary N) is 2. The molecule has 0 atom stereocenters. The molecule has 0 spiro atoms. The number of carbonyl (C=O) groups excluding carboxylic acids is 1. The second-order valence-electron chi connectivity index (χ2n) is 5.50. The zero-order valence-corrected chi connectivity index (χ0v) is 12.9. The minimum absolute atomic E-state index is 0.0616. The van der Waals surface area contributed by atoms with E-state index in [-0.39, 0.29) is 11.3 Å². The Morgan fingerprint density at radius 2 is 1.95 bits per heavy atom. The van der Waals surface area contributed by atoms with Crippen LogP contribution in [0.3, 0.4) is 0 Å². The molecule has 2 aromatic rings. The molecule has 20 heavy (non-hydrogen) atoms. The Morgan fingerprint density at radius 3 is 2.50 bits per heavy atom. The van der Waals surface area contributed by atoms with Crippen molar-refractivity contribution < 1.29 is 4.79 Å². The predicted molar refractivity (Wildman–Crippen MR) is 81.7 cm³/mol. The minimum Gasteiger partial charge on any atom is -0.305 e. The topological polar surface area (TPSA) is 57.8 Å². The summed E-state index contributed by atoms with van der Waals surface area (Å²) in [7, 11) is 0. The second kappa shape index (κ2) is 5.46. The molecule has 0 bridgehead atoms. The van der Waals surface area contributed by atoms with Gasteiger partial charge in [-0.25, -0.2) is 0 Å². The molecule has 0 aliphatic heterocycles. The highest BCUT2D eigenvalue weighted by atomic mass is 35.5. The van der Waals surface area contributed by atoms with Crippen molar-refractivity contribution in [2.75, 3.05) is 5.32 Å². The number of nitrogens with zero attached hydrogens (tertiary/aromatic N) is 1. The van der Waals surface area contributed by atoms with E-state index in [0.29, 0.717) is 21.4 Å². The standard InChI is InChI=1S/C14H15Cl2N3O/c1-14(2,3)11-7-12(19-18-11)17-13(20)9-5-4-8(15)6-10(9)16/h4-7H,1-3H3,(H2,17,18,19,20). The summed E-state index contributed by atoms with van der Waals surface area (Å²) in [6.07, 6.45) is 0. The number of H-pyrrole nitrogens is 1. The largest absolute Gasteiger partial charge is 0.305 e. The molecule has 1 aromatic heterocycles. The monoisotopic (exact) mass is 311 g/mol. The normalized spacial score (nSPS) is 11.4. The lowest BCUT2D eigenvalue weighted by atomic mass is 9.92. The van der Waals surface area contributed by atoms with Gasteiger partial charge in [0.2, 0.25) is 0 Å². The zero-order chi connectivity index (χ0) is 14.9. The van der Waals surface area contributed by atoms with Crippen LogP contribution in [-0.2, 0) is 5.41 Å². The number of rotatable bonds is 2. The van der Waals surface area contributed by atoms with Crippen molar-refractivity contribution in [3.63, 3.8) is 0 Å². The molecular weight excluding hydrogens is 297 g/mol. The minimum atomic E-state index is -0.321. The fourth-order valence-corrected chi connectivity index (χ4v) is 2.12. The molecule has 4 nitrogen and oxygen atoms in total. The summed E-state index contributed by atoms with van der Waals surface area (Å²) in [5.41, 5.74) is 1.24. The number of hydrogen-bond donors (Lipinski definition) is 2. The van der Waals surface area contributed by atoms with Crippen molar-refractivity contribution in [3.8, 4) is 0 Å². The molecule has 0 saturated heterocycles. The number of aromatic nitrogens is 2. The van der Waals surface area contributed by atoms with Crippen molar-refractivity contribution >= 4 is 34.9 Å². The number of hydrogen-bond acceptors (Lipinski definition) is 2. The lowest BCUT2D eigenvalue weighted by molar-refractivity contribution is 0.102. The van der Waals surface area contributed by atoms with Gasteiger partial charge >= 0.3 is 0 Å². The Balaban J connectivity index is 2.17. The highest BCUT2D eigenvalue weighted by molar-refractivity contribution is 6.37. The van der Waals surface area contributed by atoms with Crippen LogP contribution in [0.4, 0.5) is 5.82 Å². The number of aromatic amines is 1. The average Bonchev–Trinajstić information content (AvgIpc) is 2.76. The molecular formula is C14H15Cl2N3O. The number of carbonyl (C=O) groups is 1. The predicted octanol–water partition coefficient (Wildman–Crippen LogP) is 4.27. The van der Waals surface area contributed by atoms with Crippen molar-refractivity contribution in [2.24, 2.45) is 0 Å². The van der Waals surface area contributed by atoms with E-state index in [1.165, 1.54) is 6.07 Å². The van der Waals surface area contributed by atoms with Gasteiger partial charge in [-0.15, -0.1) is 0 Å². The van der Waals surface area contributed by atoms with Gasteiger partial charge < -0.3 is 5.32 Å². The Bertz CT molecular complexity index is 644. The molecule has 1 aromatic carbocycles. The second-order valence-corrected chi connectivity index (χ2v) is 6.34. The van der Waals surface area contributed by atoms with E-state index in [9.17, 15) is 4.79 Å². The maximum absolute atomic E-state index is 12.1. The van der Waals surface area contributed by atoms with E-state index < -0.39 is 0 Å². The van der Waals surface area contributed by atoms with Gasteiger partial charge in [0.05, 0.1) is 10.6 Å². The van der Waals surface area contributed by atoms with Crippen LogP contribution in [0.5, 0.6) is 0 Å². The fourth-order valence-electron chi connectivity index (χ4n) is 1.63. The molecule has 2 rings (SSSR count). The number of halogens is 2. The Labute approximate surface area is 127 Å². The van der Waals surface area contributed by atoms with Gasteiger partial charge in [-0.3, -0.25) is 9.89 Å². The summed E-state index contributed by atoms with van der Waals surface area (Å²) in [5, 5.41) is 10.5. The first-order valence-corrected chi connectivity index (χ1v) is 6.85. The van der Waals surface area contributed by atoms with Gasteiger partial charge in [0.15, 0.2) is 5.82 Å². The summed E-state index contributed by atoms with van der Waals surface area (Å²) in [6, 6.07) is 6.54. The van der Waals surface area contributed by atoms with E-state index in [0.717, 1.165) is 5.69 Å². The van der Waals surface area contributed by atoms with Gasteiger partial charge in [0, 0.05) is 22.2 Å². The molecule has 0 saturated carbocycles. The highest BCUT2D eigenvalue weighted by Crippen LogP contribution is 2.24. The number of benzene rings is 1. The molecule has 2 N–H and O–H groups in total. The van der Waals surface area contributed by atoms with Crippen LogP contribution < -0.4 is 5.32 Å². The van der Waals surface area contributed by atoms with Crippen molar-refractivity contribution in [2.45, 2.75) is 26.2 Å². The van der Waals surface area contributed by atoms with Gasteiger partial charge in [-0.05, 0) is 18.2 Å². The fraction of sp³-hybridized carbons (Fsp3) is 0.286. The number of amides is 1. The highest BCUT2D eigenvalue weighted by Gasteiger charge is 2.18. The van der Waals surface area contributed by atoms with Crippen LogP contribution in [-0.4, -0.2) is 16.1 Å². The molecule has 0 unspecified atom stereocenters. The molecule has 1 heterocycles. The maximum atomic E-state index is 12.1. The van der Waals surface area contributed by atoms with E-state index in [1.54, 1.807) is 12.1 Å². The van der Waals surface area contributed by atoms with Crippen LogP contribution in [0.2, 0.25) is 10.0 Å². The molecule has 1 amide bonds. The summed E-state index contributed by atoms with van der Waals surface area (Å²) >= 11 is 11.8. The third-order valence-corrected chi connectivity index (χ3v) is 3.35. The van der Waals surface area contributed by atoms with E-state index >= 15 is 0 Å². The van der Waals surface area contributed by atoms with Crippen molar-refractivity contribution in [3.05, 3.63) is 45.6 Å². The number of anilines is 1. The first kappa shape index (κ1) is 14.9. The van der Waals surface area contributed by atoms with E-state index in [4.69, 9.17) is 23.2 Å². The Hall–Kier alpha value is -1.52. The van der Waals surface area contributed by atoms with E-state index in [2.05, 4.69) is 36.3 Å². The Morgan fingerprint density at radius 1 is 1.25 bits per heavy atom. The molecule has 6 heteroatoms. The van der Waals surface area contributed by atoms with Crippen molar-refractivity contribution in [1.82, 2.24) is 10.2 Å². The van der Waals surface area contributed by atoms with Crippen LogP contribution in [0.1, 0.15) is 36.8 Å². The quantitative estimate of drug-likeness (QED) is 0.870. The summed E-state index contributed by atoms with van der Waals surface area (Å²) in [5.74, 6) is 0.143. The Kier molecular flexibility index (Phi) is 4.06. The zero-order valence-electron chi connectivity index (χ0n) is 11.4. The van der Waals surface area contributed by atoms with Gasteiger partial charge in [-0.1, -0.05) is 44.0 Å². The molecule has 0 aliphatic rings. The average molecular weight is 312 g/mol. The third kappa shape index (κ3) is 3.32. The van der Waals surface area contributed by atoms with Crippen LogP contribution in [0.15, 0.2) is 24.3 Å². The van der Waals surface area contributed by atoms with Gasteiger partial charge in [-0.2, -0.15) is 5.10 Å². The maximum Gasteiger partial charge on any atom is 0.258 e. The smallest absolute Gasteiger partial charge is 0.258 e. The molecule has 0 fully saturated rings. The van der Waals surface area contributed by atoms with Crippen LogP contribution in [0, 0.1) is 0 Å². The van der Waals surface area contributed by atoms with Gasteiger partial charge in [0.1, 0.15) is 0 Å². The van der Waals surface area contributed by atoms with E-state index in [1.807, 2.05) is 6.07 Å². The summed E-state index contributed by atoms with van der Waals surface area (Å²) in [4.78, 5) is 12.1. The summed E-state index contributed by atoms with van der Waals surface area (Å²) < 4.78 is 0. The molecule has 0 radical (unpaired) electrons. The van der Waals surface area contributed by atoms with Crippen molar-refractivity contribution in [1.29, 1.82) is 0 Å². The van der Waals surface area contributed by atoms with Crippen LogP contribution in [0.25, 0.3) is 0 Å².